The van der Waals surface area contributed by atoms with Crippen LogP contribution in [0.5, 0.6) is 0 Å². The molecule has 0 aliphatic rings. The molecular weight excluding hydrogens is 248 g/mol. The minimum atomic E-state index is -0.177. The number of nitrogens with one attached hydrogen (secondary N) is 1. The smallest absolute Gasteiger partial charge is 0.254 e. The van der Waals surface area contributed by atoms with Gasteiger partial charge < -0.3 is 4.98 Å². The molecule has 0 amide bonds. The average molecular weight is 270 g/mol. The molecule has 0 aliphatic carbocycles. The summed E-state index contributed by atoms with van der Waals surface area (Å²) in [6, 6.07) is 8.24. The van der Waals surface area contributed by atoms with Gasteiger partial charge in [0, 0.05) is 16.5 Å². The summed E-state index contributed by atoms with van der Waals surface area (Å²) >= 11 is 0. The second-order valence-corrected chi connectivity index (χ2v) is 6.19. The zero-order chi connectivity index (χ0) is 14.9. The van der Waals surface area contributed by atoms with Crippen LogP contribution in [-0.4, -0.2) is 9.97 Å². The highest BCUT2D eigenvalue weighted by Crippen LogP contribution is 2.24. The first kappa shape index (κ1) is 14.5. The molecule has 0 bridgehead atoms. The third kappa shape index (κ3) is 2.82. The number of aryl methyl sites for hydroxylation is 1. The van der Waals surface area contributed by atoms with Crippen LogP contribution in [0.4, 0.5) is 0 Å². The Labute approximate surface area is 120 Å². The lowest BCUT2D eigenvalue weighted by Crippen LogP contribution is -2.24. The van der Waals surface area contributed by atoms with Crippen LogP contribution in [0.25, 0.3) is 11.3 Å². The van der Waals surface area contributed by atoms with Crippen molar-refractivity contribution in [3.63, 3.8) is 0 Å². The summed E-state index contributed by atoms with van der Waals surface area (Å²) in [6.45, 7) is 10.1. The largest absolute Gasteiger partial charge is 0.310 e. The molecule has 106 valence electrons. The molecule has 1 aromatic heterocycles. The highest BCUT2D eigenvalue weighted by molar-refractivity contribution is 5.63. The molecule has 0 unspecified atom stereocenters. The van der Waals surface area contributed by atoms with Crippen LogP contribution in [0.3, 0.4) is 0 Å². The quantitative estimate of drug-likeness (QED) is 0.906. The van der Waals surface area contributed by atoms with E-state index in [1.165, 1.54) is 5.56 Å². The number of benzene rings is 1. The fraction of sp³-hybridized carbons (Fsp3) is 0.412. The molecule has 0 fully saturated rings. The zero-order valence-corrected chi connectivity index (χ0v) is 12.9. The van der Waals surface area contributed by atoms with Crippen LogP contribution in [0.15, 0.2) is 29.1 Å². The number of nitrogens with zero attached hydrogens (tertiary/aromatic N) is 1. The predicted molar refractivity (Wildman–Crippen MR) is 83.1 cm³/mol. The summed E-state index contributed by atoms with van der Waals surface area (Å²) in [7, 11) is 0. The summed E-state index contributed by atoms with van der Waals surface area (Å²) in [6.07, 6.45) is 0.974. The van der Waals surface area contributed by atoms with Crippen molar-refractivity contribution >= 4 is 0 Å². The van der Waals surface area contributed by atoms with Crippen molar-refractivity contribution in [2.45, 2.75) is 46.5 Å². The highest BCUT2D eigenvalue weighted by Gasteiger charge is 2.19. The van der Waals surface area contributed by atoms with Gasteiger partial charge in [0.05, 0.1) is 5.69 Å². The van der Waals surface area contributed by atoms with Gasteiger partial charge in [-0.3, -0.25) is 4.79 Å². The van der Waals surface area contributed by atoms with Crippen LogP contribution >= 0.6 is 0 Å². The van der Waals surface area contributed by atoms with Crippen LogP contribution in [0, 0.1) is 6.92 Å². The Morgan fingerprint density at radius 2 is 1.95 bits per heavy atom. The summed E-state index contributed by atoms with van der Waals surface area (Å²) < 4.78 is 0. The summed E-state index contributed by atoms with van der Waals surface area (Å²) in [5.74, 6) is 0.727. The zero-order valence-electron chi connectivity index (χ0n) is 12.9. The van der Waals surface area contributed by atoms with Crippen LogP contribution in [0.2, 0.25) is 0 Å². The molecule has 0 spiro atoms. The van der Waals surface area contributed by atoms with E-state index in [1.807, 2.05) is 39.8 Å². The molecule has 2 rings (SSSR count). The summed E-state index contributed by atoms with van der Waals surface area (Å²) in [5, 5.41) is 0. The third-order valence-electron chi connectivity index (χ3n) is 3.47. The number of aromatic amines is 1. The fourth-order valence-electron chi connectivity index (χ4n) is 2.11. The monoisotopic (exact) mass is 270 g/mol. The number of hydrogen-bond acceptors (Lipinski definition) is 2. The second-order valence-electron chi connectivity index (χ2n) is 6.19. The molecule has 0 saturated heterocycles. The maximum Gasteiger partial charge on any atom is 0.254 e. The van der Waals surface area contributed by atoms with E-state index in [0.29, 0.717) is 5.56 Å². The van der Waals surface area contributed by atoms with E-state index in [9.17, 15) is 4.79 Å². The molecule has 0 aliphatic heterocycles. The van der Waals surface area contributed by atoms with Gasteiger partial charge in [0.1, 0.15) is 5.82 Å². The number of aromatic nitrogens is 2. The average Bonchev–Trinajstić information content (AvgIpc) is 2.40. The minimum Gasteiger partial charge on any atom is -0.310 e. The molecule has 1 aromatic carbocycles. The van der Waals surface area contributed by atoms with Crippen LogP contribution in [-0.2, 0) is 11.8 Å². The maximum atomic E-state index is 12.1. The molecule has 3 heteroatoms. The lowest BCUT2D eigenvalue weighted by Gasteiger charge is -2.19. The van der Waals surface area contributed by atoms with E-state index >= 15 is 0 Å². The molecular formula is C17H22N2O. The molecule has 20 heavy (non-hydrogen) atoms. The third-order valence-corrected chi connectivity index (χ3v) is 3.47. The van der Waals surface area contributed by atoms with Crippen LogP contribution in [0.1, 0.15) is 44.6 Å². The highest BCUT2D eigenvalue weighted by atomic mass is 16.1. The van der Waals surface area contributed by atoms with Gasteiger partial charge in [0.2, 0.25) is 0 Å². The molecule has 3 nitrogen and oxygen atoms in total. The first-order chi connectivity index (χ1) is 9.32. The minimum absolute atomic E-state index is 0.0539. The van der Waals surface area contributed by atoms with E-state index in [1.54, 1.807) is 0 Å². The van der Waals surface area contributed by atoms with Crippen molar-refractivity contribution in [1.82, 2.24) is 9.97 Å². The fourth-order valence-corrected chi connectivity index (χ4v) is 2.11. The first-order valence-electron chi connectivity index (χ1n) is 7.03. The molecule has 0 radical (unpaired) electrons. The van der Waals surface area contributed by atoms with Crippen molar-refractivity contribution in [2.24, 2.45) is 0 Å². The lowest BCUT2D eigenvalue weighted by molar-refractivity contribution is 0.542. The van der Waals surface area contributed by atoms with Crippen molar-refractivity contribution < 1.29 is 0 Å². The van der Waals surface area contributed by atoms with Crippen molar-refractivity contribution in [3.05, 3.63) is 51.6 Å². The Balaban J connectivity index is 2.66. The Hall–Kier alpha value is -1.90. The predicted octanol–water partition coefficient (Wildman–Crippen LogP) is 3.61. The molecule has 0 saturated carbocycles. The van der Waals surface area contributed by atoms with Gasteiger partial charge in [0.15, 0.2) is 0 Å². The van der Waals surface area contributed by atoms with Crippen molar-refractivity contribution in [1.29, 1.82) is 0 Å². The molecule has 0 atom stereocenters. The summed E-state index contributed by atoms with van der Waals surface area (Å²) in [5.41, 5.74) is 3.49. The lowest BCUT2D eigenvalue weighted by atomic mass is 9.95. The molecule has 2 aromatic rings. The Morgan fingerprint density at radius 1 is 1.25 bits per heavy atom. The van der Waals surface area contributed by atoms with Crippen molar-refractivity contribution in [3.8, 4) is 11.3 Å². The number of hydrogen-bond donors (Lipinski definition) is 1. The van der Waals surface area contributed by atoms with Gasteiger partial charge in [-0.15, -0.1) is 0 Å². The van der Waals surface area contributed by atoms with E-state index in [2.05, 4.69) is 24.0 Å². The van der Waals surface area contributed by atoms with Gasteiger partial charge in [0.25, 0.3) is 5.56 Å². The molecule has 1 N–H and O–H groups in total. The van der Waals surface area contributed by atoms with Gasteiger partial charge in [-0.05, 0) is 25.0 Å². The standard InChI is InChI=1S/C17H22N2O/c1-6-12-8-7-9-13(10-12)14-11(2)15(20)19-16(18-14)17(3,4)5/h7-10H,6H2,1-5H3,(H,18,19,20). The Kier molecular flexibility index (Phi) is 3.80. The van der Waals surface area contributed by atoms with E-state index in [-0.39, 0.29) is 11.0 Å². The van der Waals surface area contributed by atoms with Gasteiger partial charge >= 0.3 is 0 Å². The number of rotatable bonds is 2. The molecule has 1 heterocycles. The summed E-state index contributed by atoms with van der Waals surface area (Å²) in [4.78, 5) is 19.7. The van der Waals surface area contributed by atoms with Gasteiger partial charge in [-0.25, -0.2) is 4.98 Å². The van der Waals surface area contributed by atoms with E-state index in [4.69, 9.17) is 4.98 Å². The van der Waals surface area contributed by atoms with Crippen LogP contribution < -0.4 is 5.56 Å². The van der Waals surface area contributed by atoms with Crippen molar-refractivity contribution in [2.75, 3.05) is 0 Å². The second kappa shape index (κ2) is 5.23. The number of H-pyrrole nitrogens is 1. The normalized spacial score (nSPS) is 11.7. The maximum absolute atomic E-state index is 12.1. The van der Waals surface area contributed by atoms with E-state index in [0.717, 1.165) is 23.5 Å². The Morgan fingerprint density at radius 3 is 2.55 bits per heavy atom. The SMILES string of the molecule is CCc1cccc(-c2nc(C(C)(C)C)[nH]c(=O)c2C)c1. The topological polar surface area (TPSA) is 45.8 Å². The van der Waals surface area contributed by atoms with E-state index < -0.39 is 0 Å². The van der Waals surface area contributed by atoms with Gasteiger partial charge in [-0.2, -0.15) is 0 Å². The first-order valence-corrected chi connectivity index (χ1v) is 7.03. The van der Waals surface area contributed by atoms with Gasteiger partial charge in [-0.1, -0.05) is 45.9 Å². The Bertz CT molecular complexity index is 678.